The maximum absolute atomic E-state index is 8.68. The van der Waals surface area contributed by atoms with Gasteiger partial charge in [0.05, 0.1) is 12.1 Å². The van der Waals surface area contributed by atoms with Gasteiger partial charge in [0.15, 0.2) is 0 Å². The van der Waals surface area contributed by atoms with Crippen LogP contribution in [0.2, 0.25) is 0 Å². The monoisotopic (exact) mass is 202 g/mol. The van der Waals surface area contributed by atoms with E-state index in [9.17, 15) is 0 Å². The second-order valence-corrected chi connectivity index (χ2v) is 4.11. The van der Waals surface area contributed by atoms with Crippen molar-refractivity contribution in [3.8, 4) is 6.07 Å². The average molecular weight is 202 g/mol. The summed E-state index contributed by atoms with van der Waals surface area (Å²) in [6, 6.07) is 6.45. The minimum absolute atomic E-state index is 0.0925. The van der Waals surface area contributed by atoms with E-state index in [1.165, 1.54) is 22.3 Å². The molecule has 1 atom stereocenters. The second-order valence-electron chi connectivity index (χ2n) is 4.11. The van der Waals surface area contributed by atoms with Crippen LogP contribution >= 0.6 is 0 Å². The molecule has 1 unspecified atom stereocenters. The van der Waals surface area contributed by atoms with E-state index in [1.807, 2.05) is 6.92 Å². The van der Waals surface area contributed by atoms with E-state index in [0.717, 1.165) is 6.54 Å². The van der Waals surface area contributed by atoms with E-state index in [-0.39, 0.29) is 6.04 Å². The Labute approximate surface area is 91.9 Å². The fourth-order valence-corrected chi connectivity index (χ4v) is 1.79. The number of hydrogen-bond donors (Lipinski definition) is 1. The van der Waals surface area contributed by atoms with Crippen LogP contribution in [-0.4, -0.2) is 6.04 Å². The Morgan fingerprint density at radius 3 is 2.27 bits per heavy atom. The van der Waals surface area contributed by atoms with Crippen molar-refractivity contribution in [1.29, 1.82) is 5.26 Å². The van der Waals surface area contributed by atoms with Gasteiger partial charge in [0.2, 0.25) is 0 Å². The van der Waals surface area contributed by atoms with Crippen LogP contribution in [0.4, 0.5) is 0 Å². The van der Waals surface area contributed by atoms with E-state index < -0.39 is 0 Å². The van der Waals surface area contributed by atoms with Gasteiger partial charge in [-0.25, -0.2) is 0 Å². The van der Waals surface area contributed by atoms with Gasteiger partial charge in [0.25, 0.3) is 0 Å². The van der Waals surface area contributed by atoms with Crippen molar-refractivity contribution < 1.29 is 0 Å². The molecule has 1 aromatic carbocycles. The van der Waals surface area contributed by atoms with E-state index in [2.05, 4.69) is 44.3 Å². The van der Waals surface area contributed by atoms with Gasteiger partial charge in [-0.1, -0.05) is 17.7 Å². The topological polar surface area (TPSA) is 35.8 Å². The first-order valence-corrected chi connectivity index (χ1v) is 5.24. The maximum atomic E-state index is 8.68. The van der Waals surface area contributed by atoms with E-state index in [4.69, 9.17) is 5.26 Å². The Kier molecular flexibility index (Phi) is 3.88. The zero-order valence-electron chi connectivity index (χ0n) is 9.89. The summed E-state index contributed by atoms with van der Waals surface area (Å²) in [7, 11) is 0. The first kappa shape index (κ1) is 11.7. The molecule has 0 aliphatic rings. The first-order valence-electron chi connectivity index (χ1n) is 5.24. The predicted molar refractivity (Wildman–Crippen MR) is 62.6 cm³/mol. The zero-order valence-corrected chi connectivity index (χ0v) is 9.89. The molecule has 80 valence electrons. The van der Waals surface area contributed by atoms with Gasteiger partial charge in [0, 0.05) is 6.54 Å². The third kappa shape index (κ3) is 3.07. The largest absolute Gasteiger partial charge is 0.298 e. The quantitative estimate of drug-likeness (QED) is 0.817. The molecule has 15 heavy (non-hydrogen) atoms. The number of aryl methyl sites for hydroxylation is 3. The number of hydrogen-bond acceptors (Lipinski definition) is 2. The highest BCUT2D eigenvalue weighted by Gasteiger charge is 2.05. The zero-order chi connectivity index (χ0) is 11.4. The van der Waals surface area contributed by atoms with Gasteiger partial charge in [-0.2, -0.15) is 5.26 Å². The van der Waals surface area contributed by atoms with Crippen LogP contribution in [0.1, 0.15) is 29.2 Å². The normalized spacial score (nSPS) is 12.2. The van der Waals surface area contributed by atoms with Gasteiger partial charge in [-0.3, -0.25) is 5.32 Å². The third-order valence-corrected chi connectivity index (χ3v) is 2.62. The molecular weight excluding hydrogens is 184 g/mol. The predicted octanol–water partition coefficient (Wildman–Crippen LogP) is 2.61. The molecule has 2 heteroatoms. The van der Waals surface area contributed by atoms with Crippen LogP contribution in [-0.2, 0) is 6.54 Å². The minimum Gasteiger partial charge on any atom is -0.298 e. The molecule has 1 rings (SSSR count). The van der Waals surface area contributed by atoms with Gasteiger partial charge in [0.1, 0.15) is 0 Å². The fourth-order valence-electron chi connectivity index (χ4n) is 1.79. The summed E-state index contributed by atoms with van der Waals surface area (Å²) < 4.78 is 0. The van der Waals surface area contributed by atoms with Crippen molar-refractivity contribution in [1.82, 2.24) is 5.32 Å². The van der Waals surface area contributed by atoms with Gasteiger partial charge in [-0.15, -0.1) is 0 Å². The summed E-state index contributed by atoms with van der Waals surface area (Å²) in [5, 5.41) is 11.9. The van der Waals surface area contributed by atoms with Crippen molar-refractivity contribution in [2.45, 2.75) is 40.3 Å². The van der Waals surface area contributed by atoms with E-state index >= 15 is 0 Å². The lowest BCUT2D eigenvalue weighted by molar-refractivity contribution is 0.638. The van der Waals surface area contributed by atoms with Gasteiger partial charge >= 0.3 is 0 Å². The first-order chi connectivity index (χ1) is 7.04. The molecule has 0 radical (unpaired) electrons. The Hall–Kier alpha value is -1.33. The Bertz CT molecular complexity index is 365. The Morgan fingerprint density at radius 2 is 1.80 bits per heavy atom. The van der Waals surface area contributed by atoms with Crippen molar-refractivity contribution in [3.63, 3.8) is 0 Å². The molecule has 2 nitrogen and oxygen atoms in total. The summed E-state index contributed by atoms with van der Waals surface area (Å²) in [6.07, 6.45) is 0. The third-order valence-electron chi connectivity index (χ3n) is 2.62. The average Bonchev–Trinajstić information content (AvgIpc) is 2.15. The lowest BCUT2D eigenvalue weighted by Gasteiger charge is -2.13. The number of rotatable bonds is 3. The van der Waals surface area contributed by atoms with E-state index in [0.29, 0.717) is 0 Å². The number of nitrogens with zero attached hydrogens (tertiary/aromatic N) is 1. The summed E-state index contributed by atoms with van der Waals surface area (Å²) >= 11 is 0. The van der Waals surface area contributed by atoms with Gasteiger partial charge < -0.3 is 0 Å². The lowest BCUT2D eigenvalue weighted by Crippen LogP contribution is -2.24. The molecule has 1 aromatic rings. The van der Waals surface area contributed by atoms with Crippen molar-refractivity contribution >= 4 is 0 Å². The highest BCUT2D eigenvalue weighted by atomic mass is 14.9. The number of nitrogens with one attached hydrogen (secondary N) is 1. The SMILES string of the molecule is Cc1cc(C)c(CNC(C)C#N)c(C)c1. The van der Waals surface area contributed by atoms with Gasteiger partial charge in [-0.05, 0) is 44.4 Å². The summed E-state index contributed by atoms with van der Waals surface area (Å²) in [6.45, 7) is 8.99. The fraction of sp³-hybridized carbons (Fsp3) is 0.462. The smallest absolute Gasteiger partial charge is 0.0927 e. The molecule has 1 N–H and O–H groups in total. The Morgan fingerprint density at radius 1 is 1.27 bits per heavy atom. The van der Waals surface area contributed by atoms with Crippen LogP contribution in [0.5, 0.6) is 0 Å². The van der Waals surface area contributed by atoms with E-state index in [1.54, 1.807) is 0 Å². The van der Waals surface area contributed by atoms with Crippen LogP contribution in [0.3, 0.4) is 0 Å². The second kappa shape index (κ2) is 4.95. The molecule has 0 amide bonds. The van der Waals surface area contributed by atoms with Crippen LogP contribution in [0.15, 0.2) is 12.1 Å². The van der Waals surface area contributed by atoms with Crippen molar-refractivity contribution in [3.05, 3.63) is 34.4 Å². The lowest BCUT2D eigenvalue weighted by atomic mass is 10.00. The summed E-state index contributed by atoms with van der Waals surface area (Å²) in [5.74, 6) is 0. The minimum atomic E-state index is -0.0925. The standard InChI is InChI=1S/C13H18N2/c1-9-5-10(2)13(11(3)6-9)8-15-12(4)7-14/h5-6,12,15H,8H2,1-4H3. The van der Waals surface area contributed by atoms with Crippen LogP contribution in [0, 0.1) is 32.1 Å². The summed E-state index contributed by atoms with van der Waals surface area (Å²) in [4.78, 5) is 0. The molecule has 0 heterocycles. The maximum Gasteiger partial charge on any atom is 0.0927 e. The van der Waals surface area contributed by atoms with Crippen molar-refractivity contribution in [2.75, 3.05) is 0 Å². The molecule has 0 fully saturated rings. The molecule has 0 saturated heterocycles. The molecule has 0 aliphatic heterocycles. The molecular formula is C13H18N2. The number of benzene rings is 1. The summed E-state index contributed by atoms with van der Waals surface area (Å²) in [5.41, 5.74) is 5.19. The van der Waals surface area contributed by atoms with Crippen LogP contribution < -0.4 is 5.32 Å². The molecule has 0 aliphatic carbocycles. The molecule has 0 bridgehead atoms. The molecule has 0 aromatic heterocycles. The number of nitriles is 1. The van der Waals surface area contributed by atoms with Crippen LogP contribution in [0.25, 0.3) is 0 Å². The molecule has 0 saturated carbocycles. The van der Waals surface area contributed by atoms with Crippen molar-refractivity contribution in [2.24, 2.45) is 0 Å². The Balaban J connectivity index is 2.82. The highest BCUT2D eigenvalue weighted by Crippen LogP contribution is 2.16. The highest BCUT2D eigenvalue weighted by molar-refractivity contribution is 5.37. The molecule has 0 spiro atoms.